The Bertz CT molecular complexity index is 4380. The van der Waals surface area contributed by atoms with Gasteiger partial charge in [-0.25, -0.2) is 29.9 Å². The number of aromatic amines is 2. The lowest BCUT2D eigenvalue weighted by Gasteiger charge is -2.17. The standard InChI is InChI=1S/C25H27N5O2S.C17H15ClN4O2.C7H12N2S.2CH4.S13/c1-12-21(13(2)32-30-12)16-8-17-15(9-19(16)31-7)22-18(27-14(3)28-24(22)29-17)10-20-23(25(4,5)6)26-11-33-20;1-7-14(8(2)24-22-7)11-5-12-10(6-13(11)23-4)15-16(18)19-9(3)20-17(15)21-12;1-7(2,3)5-6(8)10-4-9-5;;;1-3-5-7-9-11-13-12-10-8-6-4-2/h8-9,11H,10H2,1-7H3,(H,27,28,29);5-6H,1-4H3,(H,19,20,21);4H,8H2,1-3H3;2*1H4;. The fourth-order valence-corrected chi connectivity index (χ4v) is 35.3. The summed E-state index contributed by atoms with van der Waals surface area (Å²) in [6.07, 6.45) is 0.706. The maximum absolute atomic E-state index is 6.33. The molecule has 442 valence electrons. The van der Waals surface area contributed by atoms with E-state index in [1.54, 1.807) is 111 Å². The monoisotopic (exact) mass is 1410 g/mol. The lowest BCUT2D eigenvalue weighted by molar-refractivity contribution is 0.393. The highest BCUT2D eigenvalue weighted by Gasteiger charge is 2.25. The van der Waals surface area contributed by atoms with Gasteiger partial charge < -0.3 is 34.2 Å². The molecule has 82 heavy (non-hydrogen) atoms. The third-order valence-corrected chi connectivity index (χ3v) is 35.7. The van der Waals surface area contributed by atoms with E-state index in [0.29, 0.717) is 23.0 Å². The molecule has 0 saturated heterocycles. The summed E-state index contributed by atoms with van der Waals surface area (Å²) in [6.45, 7) is 24.3. The number of aryl methyl sites for hydroxylation is 6. The fraction of sp³-hybridized carbons (Fsp3) is 0.373. The van der Waals surface area contributed by atoms with Crippen molar-refractivity contribution in [2.75, 3.05) is 20.0 Å². The number of methoxy groups -OCH3 is 2. The number of anilines is 1. The van der Waals surface area contributed by atoms with Crippen molar-refractivity contribution < 1.29 is 18.5 Å². The van der Waals surface area contributed by atoms with Crippen LogP contribution in [0.2, 0.25) is 5.15 Å². The molecule has 0 saturated carbocycles. The van der Waals surface area contributed by atoms with E-state index in [2.05, 4.69) is 93.9 Å². The van der Waals surface area contributed by atoms with E-state index in [1.807, 2.05) is 59.2 Å². The van der Waals surface area contributed by atoms with Crippen molar-refractivity contribution in [1.29, 1.82) is 0 Å². The van der Waals surface area contributed by atoms with E-state index in [-0.39, 0.29) is 25.7 Å². The third-order valence-electron chi connectivity index (χ3n) is 11.7. The Morgan fingerprint density at radius 2 is 1.02 bits per heavy atom. The van der Waals surface area contributed by atoms with E-state index < -0.39 is 0 Å². The number of fused-ring (bicyclic) bond motifs is 6. The summed E-state index contributed by atoms with van der Waals surface area (Å²) in [7, 11) is 21.4. The Balaban J connectivity index is 0.000000220. The van der Waals surface area contributed by atoms with Gasteiger partial charge in [0.15, 0.2) is 0 Å². The van der Waals surface area contributed by atoms with Crippen LogP contribution in [0.25, 0.3) is 66.1 Å². The van der Waals surface area contributed by atoms with Crippen LogP contribution in [0.3, 0.4) is 0 Å². The molecular weight excluding hydrogens is 1350 g/mol. The van der Waals surface area contributed by atoms with Crippen LogP contribution in [0.15, 0.2) is 44.3 Å². The number of rotatable bonds is 6. The minimum absolute atomic E-state index is 0. The molecule has 0 aliphatic rings. The molecule has 0 aliphatic heterocycles. The first-order valence-electron chi connectivity index (χ1n) is 23.6. The molecule has 0 bridgehead atoms. The van der Waals surface area contributed by atoms with Gasteiger partial charge in [-0.2, -0.15) is 0 Å². The first-order valence-corrected chi connectivity index (χ1v) is 41.7. The minimum atomic E-state index is -0.0246. The number of nitrogens with zero attached hydrogens (tertiary/aromatic N) is 8. The highest BCUT2D eigenvalue weighted by Crippen LogP contribution is 2.42. The normalized spacial score (nSPS) is 10.9. The van der Waals surface area contributed by atoms with Crippen molar-refractivity contribution in [2.45, 2.75) is 115 Å². The first-order chi connectivity index (χ1) is 38.1. The molecule has 0 radical (unpaired) electrons. The summed E-state index contributed by atoms with van der Waals surface area (Å²) in [5.41, 5.74) is 21.4. The van der Waals surface area contributed by atoms with Crippen LogP contribution in [0, 0.1) is 41.5 Å². The van der Waals surface area contributed by atoms with Crippen LogP contribution >= 0.6 is 34.3 Å². The minimum Gasteiger partial charge on any atom is -0.496 e. The Labute approximate surface area is 531 Å². The highest BCUT2D eigenvalue weighted by atomic mass is 35.5. The molecule has 8 heterocycles. The molecular formula is C51H62ClN11O4S15. The second-order valence-electron chi connectivity index (χ2n) is 19.2. The van der Waals surface area contributed by atoms with E-state index in [9.17, 15) is 0 Å². The number of nitrogens with two attached hydrogens (primary N) is 1. The SMILES string of the molecule is C.C.CC(C)(C)c1ncsc1N.COc1cc2c(cc1-c1c(C)noc1C)[nH]c1nc(C)nc(Cc3scnc3C(C)(C)C)c12.COc1cc2c(cc1-c1c(C)noc1C)[nH]c1nc(C)nc(Cl)c12.S=S=S=S=S=S=S=S=S=S=S=S=S. The molecule has 0 atom stereocenters. The summed E-state index contributed by atoms with van der Waals surface area (Å²) >= 11 is 18.9. The number of benzene rings is 2. The zero-order valence-electron chi connectivity index (χ0n) is 45.5. The van der Waals surface area contributed by atoms with Crippen LogP contribution in [0.1, 0.15) is 113 Å². The van der Waals surface area contributed by atoms with Gasteiger partial charge in [0.05, 0.1) is 70.2 Å². The molecule has 15 nitrogen and oxygen atoms in total. The Morgan fingerprint density at radius 1 is 0.598 bits per heavy atom. The maximum Gasteiger partial charge on any atom is 0.143 e. The van der Waals surface area contributed by atoms with E-state index >= 15 is 0 Å². The molecule has 8 aromatic heterocycles. The summed E-state index contributed by atoms with van der Waals surface area (Å²) < 4.78 is 22.1. The van der Waals surface area contributed by atoms with Gasteiger partial charge in [0.1, 0.15) is 56.1 Å². The quantitative estimate of drug-likeness (QED) is 0.132. The van der Waals surface area contributed by atoms with Crippen molar-refractivity contribution >= 4 is 203 Å². The second kappa shape index (κ2) is 31.2. The van der Waals surface area contributed by atoms with Gasteiger partial charge in [-0.3, -0.25) is 0 Å². The summed E-state index contributed by atoms with van der Waals surface area (Å²) in [5.74, 6) is 4.35. The lowest BCUT2D eigenvalue weighted by atomic mass is 9.90. The summed E-state index contributed by atoms with van der Waals surface area (Å²) in [6, 6.07) is 8.11. The number of ether oxygens (including phenoxy) is 2. The average Bonchev–Trinajstić information content (AvgIpc) is 4.40. The average molecular weight is 1410 g/mol. The van der Waals surface area contributed by atoms with Gasteiger partial charge in [-0.1, -0.05) is 78.3 Å². The lowest BCUT2D eigenvalue weighted by Crippen LogP contribution is -2.14. The number of H-pyrrole nitrogens is 2. The molecule has 10 aromatic rings. The molecule has 4 N–H and O–H groups in total. The molecule has 0 unspecified atom stereocenters. The van der Waals surface area contributed by atoms with E-state index in [0.717, 1.165) is 123 Å². The highest BCUT2D eigenvalue weighted by molar-refractivity contribution is 8.75. The van der Waals surface area contributed by atoms with Gasteiger partial charge in [-0.05, 0) is 65.8 Å². The van der Waals surface area contributed by atoms with Crippen LogP contribution in [0.5, 0.6) is 11.5 Å². The second-order valence-corrected chi connectivity index (χ2v) is 40.8. The van der Waals surface area contributed by atoms with Gasteiger partial charge >= 0.3 is 0 Å². The number of hydrogen-bond acceptors (Lipinski definition) is 17. The predicted molar refractivity (Wildman–Crippen MR) is 378 cm³/mol. The Hall–Kier alpha value is -3.57. The number of nitrogen functional groups attached to an aromatic ring is 1. The molecule has 0 aliphatic carbocycles. The molecule has 10 rings (SSSR count). The largest absolute Gasteiger partial charge is 0.496 e. The van der Waals surface area contributed by atoms with Gasteiger partial charge in [-0.15, -0.1) is 22.7 Å². The number of thiazole rings is 2. The van der Waals surface area contributed by atoms with Crippen molar-refractivity contribution in [3.63, 3.8) is 0 Å². The number of halogens is 1. The first kappa shape index (κ1) is 69.2. The van der Waals surface area contributed by atoms with Gasteiger partial charge in [0.25, 0.3) is 0 Å². The molecule has 2 aromatic carbocycles. The van der Waals surface area contributed by atoms with E-state index in [4.69, 9.17) is 68.2 Å². The van der Waals surface area contributed by atoms with Crippen LogP contribution in [-0.2, 0) is 137 Å². The summed E-state index contributed by atoms with van der Waals surface area (Å²) in [4.78, 5) is 35.1. The predicted octanol–water partition coefficient (Wildman–Crippen LogP) is 13.7. The van der Waals surface area contributed by atoms with Gasteiger partial charge in [0.2, 0.25) is 0 Å². The Kier molecular flexibility index (Phi) is 26.3. The maximum atomic E-state index is 6.33. The number of hydrogen-bond donors (Lipinski definition) is 3. The molecule has 0 spiro atoms. The van der Waals surface area contributed by atoms with Gasteiger partial charge in [0, 0.05) is 181 Å². The van der Waals surface area contributed by atoms with E-state index in [1.165, 1.54) is 34.0 Å². The number of aromatic nitrogens is 10. The van der Waals surface area contributed by atoms with Crippen LogP contribution < -0.4 is 15.2 Å². The van der Waals surface area contributed by atoms with Crippen LogP contribution in [0.4, 0.5) is 5.00 Å². The smallest absolute Gasteiger partial charge is 0.143 e. The molecule has 0 fully saturated rings. The zero-order chi connectivity index (χ0) is 58.1. The number of nitrogens with one attached hydrogen (secondary N) is 2. The van der Waals surface area contributed by atoms with Crippen LogP contribution in [-0.4, -0.2) is 64.4 Å². The molecule has 0 amide bonds. The topological polar surface area (TPSA) is 205 Å². The fourth-order valence-electron chi connectivity index (χ4n) is 8.58. The third kappa shape index (κ3) is 16.9. The van der Waals surface area contributed by atoms with Crippen molar-refractivity contribution in [3.05, 3.63) is 97.0 Å². The van der Waals surface area contributed by atoms with Crippen molar-refractivity contribution in [3.8, 4) is 33.8 Å². The van der Waals surface area contributed by atoms with Crippen molar-refractivity contribution in [2.24, 2.45) is 0 Å². The Morgan fingerprint density at radius 3 is 1.43 bits per heavy atom. The summed E-state index contributed by atoms with van der Waals surface area (Å²) in [5, 5.41) is 13.2. The molecule has 31 heteroatoms. The zero-order valence-corrected chi connectivity index (χ0v) is 58.5. The van der Waals surface area contributed by atoms with Crippen molar-refractivity contribution in [1.82, 2.24) is 50.2 Å².